The molecule has 128 valence electrons. The van der Waals surface area contributed by atoms with E-state index in [2.05, 4.69) is 32.2 Å². The quantitative estimate of drug-likeness (QED) is 0.786. The smallest absolute Gasteiger partial charge is 0.258 e. The summed E-state index contributed by atoms with van der Waals surface area (Å²) < 4.78 is 6.42. The molecule has 1 amide bonds. The minimum absolute atomic E-state index is 0.00247. The highest BCUT2D eigenvalue weighted by Crippen LogP contribution is 2.25. The summed E-state index contributed by atoms with van der Waals surface area (Å²) in [6.07, 6.45) is 0. The van der Waals surface area contributed by atoms with Crippen LogP contribution < -0.4 is 10.1 Å². The fraction of sp³-hybridized carbons (Fsp3) is 0.316. The van der Waals surface area contributed by atoms with Gasteiger partial charge in [-0.1, -0.05) is 30.3 Å². The standard InChI is InChI=1S/C19H23BrN2O2/c1-14-8-9-18(17(20)10-14)24-13-19(23)21-11-15-6-4-5-7-16(15)12-22(2)3/h4-10H,11-13H2,1-3H3,(H,21,23). The van der Waals surface area contributed by atoms with E-state index < -0.39 is 0 Å². The molecule has 5 heteroatoms. The first-order valence-corrected chi connectivity index (χ1v) is 8.62. The predicted octanol–water partition coefficient (Wildman–Crippen LogP) is 3.51. The molecule has 0 aromatic heterocycles. The molecule has 0 aliphatic heterocycles. The van der Waals surface area contributed by atoms with Crippen molar-refractivity contribution in [1.29, 1.82) is 0 Å². The number of hydrogen-bond acceptors (Lipinski definition) is 3. The Morgan fingerprint density at radius 1 is 1.17 bits per heavy atom. The summed E-state index contributed by atoms with van der Waals surface area (Å²) in [4.78, 5) is 14.1. The first-order chi connectivity index (χ1) is 11.5. The van der Waals surface area contributed by atoms with Crippen molar-refractivity contribution in [3.05, 3.63) is 63.6 Å². The summed E-state index contributed by atoms with van der Waals surface area (Å²) >= 11 is 3.44. The van der Waals surface area contributed by atoms with E-state index in [-0.39, 0.29) is 12.5 Å². The molecule has 0 radical (unpaired) electrons. The van der Waals surface area contributed by atoms with Gasteiger partial charge >= 0.3 is 0 Å². The maximum Gasteiger partial charge on any atom is 0.258 e. The van der Waals surface area contributed by atoms with Crippen LogP contribution >= 0.6 is 15.9 Å². The molecule has 24 heavy (non-hydrogen) atoms. The van der Waals surface area contributed by atoms with Crippen molar-refractivity contribution in [2.45, 2.75) is 20.0 Å². The van der Waals surface area contributed by atoms with Gasteiger partial charge in [0, 0.05) is 13.1 Å². The number of carbonyl (C=O) groups excluding carboxylic acids is 1. The second-order valence-electron chi connectivity index (χ2n) is 6.01. The number of ether oxygens (including phenoxy) is 1. The summed E-state index contributed by atoms with van der Waals surface area (Å²) in [7, 11) is 4.06. The van der Waals surface area contributed by atoms with Crippen LogP contribution in [0.1, 0.15) is 16.7 Å². The Morgan fingerprint density at radius 3 is 2.54 bits per heavy atom. The molecule has 0 bridgehead atoms. The highest BCUT2D eigenvalue weighted by atomic mass is 79.9. The number of nitrogens with one attached hydrogen (secondary N) is 1. The Hall–Kier alpha value is -1.85. The van der Waals surface area contributed by atoms with Gasteiger partial charge in [-0.2, -0.15) is 0 Å². The number of halogens is 1. The van der Waals surface area contributed by atoms with Crippen LogP contribution in [0.5, 0.6) is 5.75 Å². The van der Waals surface area contributed by atoms with E-state index in [4.69, 9.17) is 4.74 Å². The number of benzene rings is 2. The Balaban J connectivity index is 1.87. The zero-order valence-corrected chi connectivity index (χ0v) is 15.9. The highest BCUT2D eigenvalue weighted by molar-refractivity contribution is 9.10. The number of nitrogens with zero attached hydrogens (tertiary/aromatic N) is 1. The lowest BCUT2D eigenvalue weighted by Crippen LogP contribution is -2.29. The number of rotatable bonds is 7. The van der Waals surface area contributed by atoms with Crippen molar-refractivity contribution in [3.8, 4) is 5.75 Å². The lowest BCUT2D eigenvalue weighted by atomic mass is 10.1. The van der Waals surface area contributed by atoms with Crippen molar-refractivity contribution in [3.63, 3.8) is 0 Å². The first kappa shape index (κ1) is 18.5. The second-order valence-corrected chi connectivity index (χ2v) is 6.86. The molecule has 0 aliphatic carbocycles. The lowest BCUT2D eigenvalue weighted by Gasteiger charge is -2.15. The van der Waals surface area contributed by atoms with Crippen LogP contribution in [0.25, 0.3) is 0 Å². The molecular weight excluding hydrogens is 368 g/mol. The Labute approximate surface area is 151 Å². The number of hydrogen-bond donors (Lipinski definition) is 1. The van der Waals surface area contributed by atoms with E-state index in [1.54, 1.807) is 0 Å². The van der Waals surface area contributed by atoms with Crippen molar-refractivity contribution >= 4 is 21.8 Å². The van der Waals surface area contributed by atoms with Crippen LogP contribution in [0.15, 0.2) is 46.9 Å². The molecule has 0 spiro atoms. The minimum Gasteiger partial charge on any atom is -0.483 e. The molecule has 0 aliphatic rings. The van der Waals surface area contributed by atoms with Crippen LogP contribution in [0, 0.1) is 6.92 Å². The summed E-state index contributed by atoms with van der Waals surface area (Å²) in [5, 5.41) is 2.92. The molecule has 2 rings (SSSR count). The van der Waals surface area contributed by atoms with Crippen LogP contribution in [0.2, 0.25) is 0 Å². The third kappa shape index (κ3) is 5.65. The SMILES string of the molecule is Cc1ccc(OCC(=O)NCc2ccccc2CN(C)C)c(Br)c1. The summed E-state index contributed by atoms with van der Waals surface area (Å²) in [6.45, 7) is 3.35. The van der Waals surface area contributed by atoms with E-state index in [0.717, 1.165) is 22.1 Å². The van der Waals surface area contributed by atoms with Gasteiger partial charge in [0.25, 0.3) is 5.91 Å². The molecule has 4 nitrogen and oxygen atoms in total. The van der Waals surface area contributed by atoms with E-state index in [1.807, 2.05) is 57.4 Å². The maximum atomic E-state index is 12.0. The zero-order valence-electron chi connectivity index (χ0n) is 14.3. The zero-order chi connectivity index (χ0) is 17.5. The second kappa shape index (κ2) is 8.85. The highest BCUT2D eigenvalue weighted by Gasteiger charge is 2.08. The van der Waals surface area contributed by atoms with Gasteiger partial charge in [0.2, 0.25) is 0 Å². The monoisotopic (exact) mass is 390 g/mol. The molecule has 1 N–H and O–H groups in total. The average Bonchev–Trinajstić information content (AvgIpc) is 2.52. The van der Waals surface area contributed by atoms with Crippen molar-refractivity contribution < 1.29 is 9.53 Å². The fourth-order valence-electron chi connectivity index (χ4n) is 2.34. The van der Waals surface area contributed by atoms with E-state index in [0.29, 0.717) is 12.3 Å². The van der Waals surface area contributed by atoms with Crippen molar-refractivity contribution in [2.24, 2.45) is 0 Å². The third-order valence-electron chi connectivity index (χ3n) is 3.53. The molecule has 2 aromatic rings. The molecule has 0 atom stereocenters. The van der Waals surface area contributed by atoms with E-state index >= 15 is 0 Å². The predicted molar refractivity (Wildman–Crippen MR) is 100 cm³/mol. The number of aryl methyl sites for hydroxylation is 1. The largest absolute Gasteiger partial charge is 0.483 e. The molecule has 2 aromatic carbocycles. The Bertz CT molecular complexity index is 702. The molecular formula is C19H23BrN2O2. The third-order valence-corrected chi connectivity index (χ3v) is 4.15. The van der Waals surface area contributed by atoms with E-state index in [9.17, 15) is 4.79 Å². The normalized spacial score (nSPS) is 10.7. The summed E-state index contributed by atoms with van der Waals surface area (Å²) in [5.41, 5.74) is 3.47. The molecule has 0 saturated carbocycles. The minimum atomic E-state index is -0.137. The van der Waals surface area contributed by atoms with Gasteiger partial charge in [-0.15, -0.1) is 0 Å². The summed E-state index contributed by atoms with van der Waals surface area (Å²) in [5.74, 6) is 0.533. The molecule has 0 heterocycles. The fourth-order valence-corrected chi connectivity index (χ4v) is 2.94. The van der Waals surface area contributed by atoms with Gasteiger partial charge in [0.1, 0.15) is 5.75 Å². The first-order valence-electron chi connectivity index (χ1n) is 7.83. The van der Waals surface area contributed by atoms with Gasteiger partial charge in [-0.3, -0.25) is 4.79 Å². The Morgan fingerprint density at radius 2 is 1.88 bits per heavy atom. The lowest BCUT2D eigenvalue weighted by molar-refractivity contribution is -0.123. The molecule has 0 unspecified atom stereocenters. The number of carbonyl (C=O) groups is 1. The van der Waals surface area contributed by atoms with Crippen LogP contribution in [-0.4, -0.2) is 31.5 Å². The van der Waals surface area contributed by atoms with Gasteiger partial charge in [-0.25, -0.2) is 0 Å². The average molecular weight is 391 g/mol. The molecule has 0 saturated heterocycles. The van der Waals surface area contributed by atoms with Crippen molar-refractivity contribution in [2.75, 3.05) is 20.7 Å². The van der Waals surface area contributed by atoms with E-state index in [1.165, 1.54) is 5.56 Å². The van der Waals surface area contributed by atoms with Gasteiger partial charge in [0.15, 0.2) is 6.61 Å². The van der Waals surface area contributed by atoms with Gasteiger partial charge in [0.05, 0.1) is 4.47 Å². The number of amides is 1. The van der Waals surface area contributed by atoms with Crippen LogP contribution in [0.3, 0.4) is 0 Å². The Kier molecular flexibility index (Phi) is 6.82. The van der Waals surface area contributed by atoms with Gasteiger partial charge in [-0.05, 0) is 65.8 Å². The molecule has 0 fully saturated rings. The van der Waals surface area contributed by atoms with Crippen LogP contribution in [-0.2, 0) is 17.9 Å². The topological polar surface area (TPSA) is 41.6 Å². The van der Waals surface area contributed by atoms with Crippen molar-refractivity contribution in [1.82, 2.24) is 10.2 Å². The van der Waals surface area contributed by atoms with Gasteiger partial charge < -0.3 is 15.0 Å². The summed E-state index contributed by atoms with van der Waals surface area (Å²) in [6, 6.07) is 13.9. The maximum absolute atomic E-state index is 12.0. The van der Waals surface area contributed by atoms with Crippen LogP contribution in [0.4, 0.5) is 0 Å².